The van der Waals surface area contributed by atoms with E-state index in [9.17, 15) is 19.0 Å². The minimum atomic E-state index is -4.47. The van der Waals surface area contributed by atoms with Gasteiger partial charge < -0.3 is 19.4 Å². The van der Waals surface area contributed by atoms with E-state index in [0.717, 1.165) is 148 Å². The van der Waals surface area contributed by atoms with Crippen LogP contribution < -0.4 is 5.32 Å². The van der Waals surface area contributed by atoms with Crippen LogP contribution in [0.25, 0.3) is 0 Å². The molecule has 0 bridgehead atoms. The third kappa shape index (κ3) is 64.2. The summed E-state index contributed by atoms with van der Waals surface area (Å²) in [5.74, 6) is -0.550. The molecule has 0 aromatic heterocycles. The summed E-state index contributed by atoms with van der Waals surface area (Å²) in [6.45, 7) is 6.75. The Labute approximate surface area is 523 Å². The number of carbonyl (C=O) groups is 2. The molecule has 9 nitrogen and oxygen atoms in total. The quantitative estimate of drug-likeness (QED) is 0.0205. The average molecular weight is 1200 g/mol. The summed E-state index contributed by atoms with van der Waals surface area (Å²) in [5, 5.41) is 3.05. The zero-order valence-electron chi connectivity index (χ0n) is 55.3. The molecule has 484 valence electrons. The minimum absolute atomic E-state index is 0.0263. The lowest BCUT2D eigenvalue weighted by molar-refractivity contribution is -0.870. The van der Waals surface area contributed by atoms with Gasteiger partial charge in [0.2, 0.25) is 5.91 Å². The van der Waals surface area contributed by atoms with E-state index >= 15 is 0 Å². The molecule has 0 aromatic rings. The second kappa shape index (κ2) is 62.9. The molecule has 0 aliphatic rings. The van der Waals surface area contributed by atoms with Gasteiger partial charge in [-0.3, -0.25) is 18.6 Å². The van der Waals surface area contributed by atoms with Crippen LogP contribution in [0.3, 0.4) is 0 Å². The highest BCUT2D eigenvalue weighted by molar-refractivity contribution is 7.47. The van der Waals surface area contributed by atoms with E-state index < -0.39 is 20.0 Å². The van der Waals surface area contributed by atoms with Gasteiger partial charge in [0.25, 0.3) is 0 Å². The van der Waals surface area contributed by atoms with Crippen LogP contribution in [-0.4, -0.2) is 74.3 Å². The Balaban J connectivity index is 5.16. The Morgan fingerprint density at radius 1 is 0.424 bits per heavy atom. The largest absolute Gasteiger partial charge is 0.472 e. The Kier molecular flexibility index (Phi) is 59.9. The first-order valence-electron chi connectivity index (χ1n) is 34.2. The molecule has 0 aliphatic carbocycles. The first-order valence-corrected chi connectivity index (χ1v) is 35.7. The summed E-state index contributed by atoms with van der Waals surface area (Å²) in [6, 6.07) is -0.874. The van der Waals surface area contributed by atoms with E-state index in [2.05, 4.69) is 160 Å². The van der Waals surface area contributed by atoms with E-state index in [0.29, 0.717) is 23.9 Å². The molecule has 1 amide bonds. The summed E-state index contributed by atoms with van der Waals surface area (Å²) in [5.41, 5.74) is 0. The topological polar surface area (TPSA) is 111 Å². The maximum atomic E-state index is 13.6. The van der Waals surface area contributed by atoms with Crippen molar-refractivity contribution in [3.63, 3.8) is 0 Å². The molecule has 0 aromatic carbocycles. The van der Waals surface area contributed by atoms with Crippen LogP contribution in [0, 0.1) is 0 Å². The number of phosphoric acid groups is 1. The van der Waals surface area contributed by atoms with Gasteiger partial charge in [0.1, 0.15) is 19.3 Å². The molecular weight excluding hydrogens is 1070 g/mol. The fourth-order valence-electron chi connectivity index (χ4n) is 9.09. The van der Waals surface area contributed by atoms with Gasteiger partial charge in [-0.2, -0.15) is 0 Å². The average Bonchev–Trinajstić information content (AvgIpc) is 3.62. The van der Waals surface area contributed by atoms with Gasteiger partial charge in [-0.1, -0.05) is 270 Å². The first kappa shape index (κ1) is 80.9. The van der Waals surface area contributed by atoms with Crippen molar-refractivity contribution in [2.75, 3.05) is 40.9 Å². The van der Waals surface area contributed by atoms with Gasteiger partial charge >= 0.3 is 13.8 Å². The van der Waals surface area contributed by atoms with Crippen LogP contribution in [0.15, 0.2) is 146 Å². The number of hydrogen-bond donors (Lipinski definition) is 2. The molecule has 85 heavy (non-hydrogen) atoms. The van der Waals surface area contributed by atoms with E-state index in [-0.39, 0.29) is 31.5 Å². The second-order valence-corrected chi connectivity index (χ2v) is 25.0. The number of nitrogens with one attached hydrogen (secondary N) is 1. The summed E-state index contributed by atoms with van der Waals surface area (Å²) < 4.78 is 30.7. The molecule has 0 rings (SSSR count). The van der Waals surface area contributed by atoms with Gasteiger partial charge in [-0.15, -0.1) is 0 Å². The van der Waals surface area contributed by atoms with Gasteiger partial charge in [0.05, 0.1) is 33.8 Å². The van der Waals surface area contributed by atoms with Crippen LogP contribution >= 0.6 is 7.82 Å². The van der Waals surface area contributed by atoms with E-state index in [1.54, 1.807) is 0 Å². The van der Waals surface area contributed by atoms with Crippen LogP contribution in [0.5, 0.6) is 0 Å². The number of quaternary nitrogens is 1. The van der Waals surface area contributed by atoms with Crippen LogP contribution in [0.4, 0.5) is 0 Å². The summed E-state index contributed by atoms with van der Waals surface area (Å²) in [6.07, 6.45) is 91.4. The zero-order chi connectivity index (χ0) is 62.1. The summed E-state index contributed by atoms with van der Waals surface area (Å²) >= 11 is 0. The first-order chi connectivity index (χ1) is 41.4. The Hall–Kier alpha value is -4.11. The van der Waals surface area contributed by atoms with Gasteiger partial charge in [-0.05, 0) is 128 Å². The number of hydrogen-bond acceptors (Lipinski definition) is 6. The van der Waals surface area contributed by atoms with Crippen LogP contribution in [0.1, 0.15) is 265 Å². The number of rotatable bonds is 60. The van der Waals surface area contributed by atoms with Crippen molar-refractivity contribution in [2.24, 2.45) is 0 Å². The zero-order valence-corrected chi connectivity index (χ0v) is 56.2. The Morgan fingerprint density at radius 2 is 0.753 bits per heavy atom. The van der Waals surface area contributed by atoms with Gasteiger partial charge in [-0.25, -0.2) is 4.57 Å². The van der Waals surface area contributed by atoms with Crippen molar-refractivity contribution in [1.82, 2.24) is 5.32 Å². The Morgan fingerprint density at radius 3 is 1.13 bits per heavy atom. The van der Waals surface area contributed by atoms with Gasteiger partial charge in [0, 0.05) is 12.8 Å². The molecule has 0 saturated carbocycles. The lowest BCUT2D eigenvalue weighted by atomic mass is 10.0. The van der Waals surface area contributed by atoms with Crippen molar-refractivity contribution in [3.05, 3.63) is 146 Å². The number of phosphoric ester groups is 1. The molecule has 3 unspecified atom stereocenters. The molecule has 3 atom stereocenters. The highest BCUT2D eigenvalue weighted by atomic mass is 31.2. The predicted octanol–water partition coefficient (Wildman–Crippen LogP) is 21.8. The third-order valence-electron chi connectivity index (χ3n) is 14.3. The normalized spacial score (nSPS) is 14.5. The van der Waals surface area contributed by atoms with Crippen molar-refractivity contribution < 1.29 is 37.3 Å². The number of likely N-dealkylation sites (N-methyl/N-ethyl adjacent to an activating group) is 1. The number of amides is 1. The number of esters is 1. The number of allylic oxidation sites excluding steroid dienone is 23. The fraction of sp³-hybridized carbons (Fsp3) is 0.653. The summed E-state index contributed by atoms with van der Waals surface area (Å²) in [4.78, 5) is 37.8. The molecule has 0 fully saturated rings. The highest BCUT2D eigenvalue weighted by Crippen LogP contribution is 2.43. The van der Waals surface area contributed by atoms with Crippen molar-refractivity contribution >= 4 is 19.7 Å². The fourth-order valence-corrected chi connectivity index (χ4v) is 9.82. The van der Waals surface area contributed by atoms with E-state index in [4.69, 9.17) is 13.8 Å². The Bertz CT molecular complexity index is 1960. The molecule has 0 radical (unpaired) electrons. The maximum Gasteiger partial charge on any atom is 0.472 e. The second-order valence-electron chi connectivity index (χ2n) is 23.6. The minimum Gasteiger partial charge on any atom is -0.456 e. The van der Waals surface area contributed by atoms with Crippen LogP contribution in [0.2, 0.25) is 0 Å². The van der Waals surface area contributed by atoms with Crippen LogP contribution in [-0.2, 0) is 27.9 Å². The number of unbranched alkanes of at least 4 members (excludes halogenated alkanes) is 22. The predicted molar refractivity (Wildman–Crippen MR) is 369 cm³/mol. The standard InChI is InChI=1S/C75H127N2O7P/c1-7-10-13-16-19-22-25-27-29-31-33-35-37-38-40-41-43-45-47-49-52-55-58-61-64-67-74(78)76-72(71-83-85(80,81)82-70-69-77(4,5)6)73(66-63-60-57-54-51-24-21-18-15-12-9-3)84-75(79)68-65-62-59-56-53-50-48-46-44-42-39-36-34-32-30-28-26-23-20-17-14-11-8-2/h10-11,13-14,19-20,22-23,27-30,33-36,38,40,42,44,48,50,63,66,72-73H,7-9,12,15-18,21,24-26,31-32,37,39,41,43,45-47,49,51-62,64-65,67-71H2,1-6H3,(H-,76,78,80,81)/p+1/b13-10-,14-11-,22-19-,23-20-,29-27-,30-28-,35-33-,36-34-,40-38-,44-42-,50-48-,66-63+. The highest BCUT2D eigenvalue weighted by Gasteiger charge is 2.30. The van der Waals surface area contributed by atoms with Crippen molar-refractivity contribution in [2.45, 2.75) is 277 Å². The van der Waals surface area contributed by atoms with E-state index in [1.807, 2.05) is 33.3 Å². The van der Waals surface area contributed by atoms with Crippen molar-refractivity contribution in [1.29, 1.82) is 0 Å². The molecule has 0 saturated heterocycles. The lowest BCUT2D eigenvalue weighted by Gasteiger charge is -2.27. The molecule has 10 heteroatoms. The molecule has 0 aliphatic heterocycles. The number of carbonyl (C=O) groups excluding carboxylic acids is 2. The SMILES string of the molecule is CC/C=C\C/C=C\C/C=C\C/C=C\C/C=C\C/C=C\CCCCCCC(=O)OC(/C=C/CCCCCCCCCCC)C(COP(=O)(O)OCC[N+](C)(C)C)NC(=O)CCCCCCCCCCC/C=C\C/C=C\C/C=C\C/C=C\C/C=C\CC. The summed E-state index contributed by atoms with van der Waals surface area (Å²) in [7, 11) is 1.46. The number of ether oxygens (including phenoxy) is 1. The molecule has 2 N–H and O–H groups in total. The molecule has 0 heterocycles. The molecular formula is C75H128N2O7P+. The monoisotopic (exact) mass is 1200 g/mol. The number of nitrogens with zero attached hydrogens (tertiary/aromatic N) is 1. The van der Waals surface area contributed by atoms with Gasteiger partial charge in [0.15, 0.2) is 0 Å². The maximum absolute atomic E-state index is 13.6. The smallest absolute Gasteiger partial charge is 0.456 e. The molecule has 0 spiro atoms. The van der Waals surface area contributed by atoms with Crippen molar-refractivity contribution in [3.8, 4) is 0 Å². The van der Waals surface area contributed by atoms with E-state index in [1.165, 1.54) is 77.0 Å². The third-order valence-corrected chi connectivity index (χ3v) is 15.3. The lowest BCUT2D eigenvalue weighted by Crippen LogP contribution is -2.47.